The molecule has 3 N–H and O–H groups in total. The first-order chi connectivity index (χ1) is 7.36. The molecule has 1 saturated carbocycles. The van der Waals surface area contributed by atoms with Crippen molar-refractivity contribution in [2.24, 2.45) is 11.7 Å². The molecule has 0 radical (unpaired) electrons. The van der Waals surface area contributed by atoms with Crippen molar-refractivity contribution < 1.29 is 9.90 Å². The molecule has 1 amide bonds. The summed E-state index contributed by atoms with van der Waals surface area (Å²) in [5.74, 6) is 0.456. The summed E-state index contributed by atoms with van der Waals surface area (Å²) in [6, 6.07) is 0. The van der Waals surface area contributed by atoms with Gasteiger partial charge in [-0.05, 0) is 32.1 Å². The zero-order chi connectivity index (χ0) is 12.3. The van der Waals surface area contributed by atoms with E-state index in [-0.39, 0.29) is 12.0 Å². The zero-order valence-corrected chi connectivity index (χ0v) is 10.6. The Morgan fingerprint density at radius 3 is 2.56 bits per heavy atom. The summed E-state index contributed by atoms with van der Waals surface area (Å²) in [6.45, 7) is 4.54. The second kappa shape index (κ2) is 5.15. The third kappa shape index (κ3) is 3.19. The van der Waals surface area contributed by atoms with E-state index in [1.54, 1.807) is 18.9 Å². The predicted molar refractivity (Wildman–Crippen MR) is 63.9 cm³/mol. The second-order valence-electron chi connectivity index (χ2n) is 5.34. The zero-order valence-electron chi connectivity index (χ0n) is 10.6. The Bertz CT molecular complexity index is 247. The van der Waals surface area contributed by atoms with Crippen molar-refractivity contribution in [3.63, 3.8) is 0 Å². The van der Waals surface area contributed by atoms with E-state index in [4.69, 9.17) is 5.73 Å². The molecule has 1 unspecified atom stereocenters. The molecule has 0 spiro atoms. The molecule has 1 atom stereocenters. The lowest BCUT2D eigenvalue weighted by atomic mass is 9.82. The van der Waals surface area contributed by atoms with Crippen molar-refractivity contribution in [2.45, 2.75) is 51.2 Å². The fourth-order valence-electron chi connectivity index (χ4n) is 2.38. The molecule has 0 aromatic rings. The van der Waals surface area contributed by atoms with E-state index in [0.29, 0.717) is 18.9 Å². The van der Waals surface area contributed by atoms with Crippen LogP contribution in [0.25, 0.3) is 0 Å². The van der Waals surface area contributed by atoms with Gasteiger partial charge in [0.1, 0.15) is 0 Å². The third-order valence-corrected chi connectivity index (χ3v) is 3.35. The van der Waals surface area contributed by atoms with Gasteiger partial charge in [-0.2, -0.15) is 0 Å². The van der Waals surface area contributed by atoms with Gasteiger partial charge in [0.05, 0.1) is 11.6 Å². The summed E-state index contributed by atoms with van der Waals surface area (Å²) in [4.78, 5) is 13.8. The van der Waals surface area contributed by atoms with E-state index in [0.717, 1.165) is 19.3 Å². The van der Waals surface area contributed by atoms with Gasteiger partial charge in [-0.15, -0.1) is 0 Å². The van der Waals surface area contributed by atoms with Crippen LogP contribution in [0.4, 0.5) is 0 Å². The summed E-state index contributed by atoms with van der Waals surface area (Å²) in [7, 11) is 1.80. The average Bonchev–Trinajstić information content (AvgIpc) is 2.14. The lowest BCUT2D eigenvalue weighted by Crippen LogP contribution is -2.53. The summed E-state index contributed by atoms with van der Waals surface area (Å²) in [5, 5.41) is 9.19. The topological polar surface area (TPSA) is 66.6 Å². The van der Waals surface area contributed by atoms with Crippen molar-refractivity contribution in [2.75, 3.05) is 13.6 Å². The van der Waals surface area contributed by atoms with E-state index in [2.05, 4.69) is 0 Å². The molecular weight excluding hydrogens is 204 g/mol. The van der Waals surface area contributed by atoms with Gasteiger partial charge in [0, 0.05) is 13.6 Å². The van der Waals surface area contributed by atoms with Crippen LogP contribution in [0.2, 0.25) is 0 Å². The molecule has 94 valence electrons. The van der Waals surface area contributed by atoms with Crippen LogP contribution in [0.15, 0.2) is 0 Å². The van der Waals surface area contributed by atoms with Crippen molar-refractivity contribution >= 4 is 5.91 Å². The number of nitrogens with two attached hydrogens (primary N) is 1. The van der Waals surface area contributed by atoms with Gasteiger partial charge in [0.2, 0.25) is 5.91 Å². The van der Waals surface area contributed by atoms with E-state index in [1.807, 2.05) is 6.92 Å². The molecule has 0 bridgehead atoms. The Kier molecular flexibility index (Phi) is 4.33. The minimum atomic E-state index is -0.744. The van der Waals surface area contributed by atoms with Gasteiger partial charge in [0.15, 0.2) is 0 Å². The molecule has 4 heteroatoms. The highest BCUT2D eigenvalue weighted by Crippen LogP contribution is 2.28. The van der Waals surface area contributed by atoms with Gasteiger partial charge in [-0.1, -0.05) is 13.3 Å². The smallest absolute Gasteiger partial charge is 0.242 e. The van der Waals surface area contributed by atoms with Crippen LogP contribution in [0.1, 0.15) is 39.5 Å². The second-order valence-corrected chi connectivity index (χ2v) is 5.34. The fourth-order valence-corrected chi connectivity index (χ4v) is 2.38. The van der Waals surface area contributed by atoms with Crippen LogP contribution in [0.5, 0.6) is 0 Å². The first-order valence-electron chi connectivity index (χ1n) is 6.09. The van der Waals surface area contributed by atoms with Gasteiger partial charge in [-0.3, -0.25) is 4.79 Å². The monoisotopic (exact) mass is 228 g/mol. The number of hydrogen-bond donors (Lipinski definition) is 2. The van der Waals surface area contributed by atoms with Crippen LogP contribution in [0.3, 0.4) is 0 Å². The van der Waals surface area contributed by atoms with Gasteiger partial charge in [0.25, 0.3) is 0 Å². The fraction of sp³-hybridized carbons (Fsp3) is 0.917. The van der Waals surface area contributed by atoms with E-state index in [9.17, 15) is 9.90 Å². The number of aliphatic hydroxyl groups is 1. The predicted octanol–water partition coefficient (Wildman–Crippen LogP) is 0.733. The van der Waals surface area contributed by atoms with Crippen LogP contribution >= 0.6 is 0 Å². The molecule has 0 heterocycles. The molecule has 1 aliphatic rings. The number of nitrogens with zero attached hydrogens (tertiary/aromatic N) is 1. The maximum atomic E-state index is 12.1. The number of likely N-dealkylation sites (N-methyl/N-ethyl adjacent to an activating group) is 1. The Labute approximate surface area is 97.8 Å². The van der Waals surface area contributed by atoms with Crippen molar-refractivity contribution in [1.82, 2.24) is 4.90 Å². The normalized spacial score (nSPS) is 28.1. The molecule has 0 saturated heterocycles. The SMILES string of the molecule is CCCC(C)(N)C(=O)N(C)CC1CC(O)C1. The summed E-state index contributed by atoms with van der Waals surface area (Å²) >= 11 is 0. The minimum absolute atomic E-state index is 0.00994. The minimum Gasteiger partial charge on any atom is -0.393 e. The highest BCUT2D eigenvalue weighted by molar-refractivity contribution is 5.85. The van der Waals surface area contributed by atoms with Gasteiger partial charge < -0.3 is 15.7 Å². The molecule has 1 rings (SSSR count). The number of amides is 1. The van der Waals surface area contributed by atoms with Crippen molar-refractivity contribution in [1.29, 1.82) is 0 Å². The molecule has 0 aromatic carbocycles. The molecule has 0 aromatic heterocycles. The van der Waals surface area contributed by atoms with Gasteiger partial charge in [-0.25, -0.2) is 0 Å². The Morgan fingerprint density at radius 2 is 2.12 bits per heavy atom. The number of carbonyl (C=O) groups excluding carboxylic acids is 1. The molecule has 1 aliphatic carbocycles. The standard InChI is InChI=1S/C12H24N2O2/c1-4-5-12(2,13)11(16)14(3)8-9-6-10(15)7-9/h9-10,15H,4-8,13H2,1-3H3. The highest BCUT2D eigenvalue weighted by Gasteiger charge is 2.34. The Hall–Kier alpha value is -0.610. The summed E-state index contributed by atoms with van der Waals surface area (Å²) in [6.07, 6.45) is 3.09. The first-order valence-corrected chi connectivity index (χ1v) is 6.09. The maximum Gasteiger partial charge on any atom is 0.242 e. The third-order valence-electron chi connectivity index (χ3n) is 3.35. The maximum absolute atomic E-state index is 12.1. The van der Waals surface area contributed by atoms with E-state index >= 15 is 0 Å². The molecule has 0 aliphatic heterocycles. The van der Waals surface area contributed by atoms with E-state index in [1.165, 1.54) is 0 Å². The van der Waals surface area contributed by atoms with Crippen LogP contribution in [0, 0.1) is 5.92 Å². The van der Waals surface area contributed by atoms with E-state index < -0.39 is 5.54 Å². The summed E-state index contributed by atoms with van der Waals surface area (Å²) < 4.78 is 0. The lowest BCUT2D eigenvalue weighted by Gasteiger charge is -2.37. The van der Waals surface area contributed by atoms with Crippen LogP contribution in [-0.2, 0) is 4.79 Å². The number of carbonyl (C=O) groups is 1. The number of hydrogen-bond acceptors (Lipinski definition) is 3. The number of rotatable bonds is 5. The molecule has 4 nitrogen and oxygen atoms in total. The largest absolute Gasteiger partial charge is 0.393 e. The highest BCUT2D eigenvalue weighted by atomic mass is 16.3. The molecular formula is C12H24N2O2. The lowest BCUT2D eigenvalue weighted by molar-refractivity contribution is -0.137. The van der Waals surface area contributed by atoms with Crippen LogP contribution < -0.4 is 5.73 Å². The number of aliphatic hydroxyl groups excluding tert-OH is 1. The molecule has 16 heavy (non-hydrogen) atoms. The quantitative estimate of drug-likeness (QED) is 0.729. The van der Waals surface area contributed by atoms with Crippen molar-refractivity contribution in [3.8, 4) is 0 Å². The Balaban J connectivity index is 2.40. The first kappa shape index (κ1) is 13.5. The average molecular weight is 228 g/mol. The van der Waals surface area contributed by atoms with Crippen LogP contribution in [-0.4, -0.2) is 41.1 Å². The Morgan fingerprint density at radius 1 is 1.56 bits per heavy atom. The molecule has 1 fully saturated rings. The summed E-state index contributed by atoms with van der Waals surface area (Å²) in [5.41, 5.74) is 5.25. The van der Waals surface area contributed by atoms with Crippen molar-refractivity contribution in [3.05, 3.63) is 0 Å². The van der Waals surface area contributed by atoms with Gasteiger partial charge >= 0.3 is 0 Å².